The smallest absolute Gasteiger partial charge is 0.336 e. The number of esters is 1. The van der Waals surface area contributed by atoms with Crippen molar-refractivity contribution in [1.29, 1.82) is 0 Å². The fourth-order valence-electron chi connectivity index (χ4n) is 8.82. The number of carbonyl (C=O) groups is 3. The van der Waals surface area contributed by atoms with Gasteiger partial charge in [-0.1, -0.05) is 47.6 Å². The first-order chi connectivity index (χ1) is 28.4. The lowest BCUT2D eigenvalue weighted by molar-refractivity contribution is -0.154. The van der Waals surface area contributed by atoms with E-state index in [4.69, 9.17) is 4.74 Å². The van der Waals surface area contributed by atoms with E-state index in [1.165, 1.54) is 54.2 Å². The first kappa shape index (κ1) is 44.8. The summed E-state index contributed by atoms with van der Waals surface area (Å²) in [5, 5.41) is 5.16. The second kappa shape index (κ2) is 16.6. The van der Waals surface area contributed by atoms with Crippen LogP contribution in [0.2, 0.25) is 0 Å². The number of amides is 2. The summed E-state index contributed by atoms with van der Waals surface area (Å²) in [6.07, 6.45) is 3.22. The molecule has 2 heterocycles. The van der Waals surface area contributed by atoms with E-state index in [0.717, 1.165) is 17.4 Å². The second-order valence-corrected chi connectivity index (χ2v) is 19.6. The molecule has 61 heavy (non-hydrogen) atoms. The van der Waals surface area contributed by atoms with Crippen molar-refractivity contribution < 1.29 is 36.3 Å². The van der Waals surface area contributed by atoms with Gasteiger partial charge in [-0.25, -0.2) is 36.3 Å². The van der Waals surface area contributed by atoms with Gasteiger partial charge in [-0.2, -0.15) is 0 Å². The molecule has 6 rings (SSSR count). The predicted octanol–water partition coefficient (Wildman–Crippen LogP) is 5.96. The summed E-state index contributed by atoms with van der Waals surface area (Å²) in [5.41, 5.74) is -1.88. The van der Waals surface area contributed by atoms with Crippen LogP contribution in [0.15, 0.2) is 69.2 Å². The largest absolute Gasteiger partial charge is 0.461 e. The van der Waals surface area contributed by atoms with E-state index in [0.29, 0.717) is 52.9 Å². The molecule has 2 aromatic carbocycles. The van der Waals surface area contributed by atoms with E-state index < -0.39 is 73.6 Å². The van der Waals surface area contributed by atoms with E-state index in [1.807, 2.05) is 4.72 Å². The Morgan fingerprint density at radius 2 is 1.69 bits per heavy atom. The molecule has 0 aliphatic heterocycles. The van der Waals surface area contributed by atoms with Crippen LogP contribution in [0.3, 0.4) is 0 Å². The Balaban J connectivity index is 1.24. The number of sulfonamides is 1. The standard InChI is InChI=1S/C44H52F2N6O8S/c1-23(2)37-29-16-17-44(37,8)21-35(29)60-40(55)34(18-26-10-15-36(47-22-26)52-39(54)24(3)25(4)51(9)42(52)57)49-38(53)30-19-32(46)33(20-31(30)45)50-61(58,59)28-13-11-27(12-14-28)48-41(56)43(5,6)7/h10-15,19-20,22-23,29,34-35,37,50H,16-18,21H2,1-9H3,(H,48,56)(H,49,53)/t29-,34-,35+,37?,44-/m0/s1. The maximum atomic E-state index is 15.7. The van der Waals surface area contributed by atoms with Gasteiger partial charge < -0.3 is 19.9 Å². The van der Waals surface area contributed by atoms with Gasteiger partial charge in [0.2, 0.25) is 5.91 Å². The highest BCUT2D eigenvalue weighted by Crippen LogP contribution is 2.61. The molecular formula is C44H52F2N6O8S. The van der Waals surface area contributed by atoms with Crippen molar-refractivity contribution in [3.05, 3.63) is 110 Å². The third-order valence-corrected chi connectivity index (χ3v) is 13.6. The lowest BCUT2D eigenvalue weighted by Crippen LogP contribution is -2.45. The number of nitrogens with one attached hydrogen (secondary N) is 3. The molecule has 5 atom stereocenters. The molecule has 0 spiro atoms. The number of hydrogen-bond acceptors (Lipinski definition) is 9. The lowest BCUT2D eigenvalue weighted by Gasteiger charge is -2.29. The number of fused-ring (bicyclic) bond motifs is 2. The van der Waals surface area contributed by atoms with Crippen LogP contribution in [0.25, 0.3) is 5.82 Å². The maximum absolute atomic E-state index is 15.7. The van der Waals surface area contributed by atoms with Gasteiger partial charge in [-0.05, 0) is 98.2 Å². The van der Waals surface area contributed by atoms with Crippen LogP contribution in [-0.2, 0) is 37.8 Å². The van der Waals surface area contributed by atoms with Gasteiger partial charge in [-0.3, -0.25) is 19.1 Å². The summed E-state index contributed by atoms with van der Waals surface area (Å²) in [4.78, 5) is 70.1. The van der Waals surface area contributed by atoms with Crippen LogP contribution < -0.4 is 26.6 Å². The molecule has 14 nitrogen and oxygen atoms in total. The van der Waals surface area contributed by atoms with Crippen LogP contribution in [0.4, 0.5) is 20.2 Å². The SMILES string of the molecule is Cc1c(C)n(C)c(=O)n(-c2ccc(C[C@H](NC(=O)c3cc(F)c(NS(=O)(=O)c4ccc(NC(=O)C(C)(C)C)cc4)cc3F)C(=O)O[C@@H]3C[C@]4(C)CC[C@@H]3C4C(C)C)cn2)c1=O. The zero-order valence-electron chi connectivity index (χ0n) is 35.7. The molecule has 1 unspecified atom stereocenters. The van der Waals surface area contributed by atoms with Crippen LogP contribution in [0.1, 0.15) is 88.0 Å². The molecule has 17 heteroatoms. The number of pyridine rings is 1. The van der Waals surface area contributed by atoms with Gasteiger partial charge in [0.15, 0.2) is 0 Å². The van der Waals surface area contributed by atoms with Gasteiger partial charge in [-0.15, -0.1) is 0 Å². The molecule has 2 saturated carbocycles. The average Bonchev–Trinajstić information content (AvgIpc) is 3.68. The van der Waals surface area contributed by atoms with Crippen molar-refractivity contribution >= 4 is 39.2 Å². The minimum absolute atomic E-state index is 0.0250. The monoisotopic (exact) mass is 862 g/mol. The highest BCUT2D eigenvalue weighted by molar-refractivity contribution is 7.92. The molecule has 0 saturated heterocycles. The number of aromatic nitrogens is 3. The highest BCUT2D eigenvalue weighted by Gasteiger charge is 2.57. The van der Waals surface area contributed by atoms with Crippen molar-refractivity contribution in [3.63, 3.8) is 0 Å². The molecule has 2 aliphatic carbocycles. The first-order valence-corrected chi connectivity index (χ1v) is 21.6. The Bertz CT molecular complexity index is 2580. The first-order valence-electron chi connectivity index (χ1n) is 20.1. The fraction of sp³-hybridized carbons (Fsp3) is 0.455. The van der Waals surface area contributed by atoms with E-state index >= 15 is 8.78 Å². The second-order valence-electron chi connectivity index (χ2n) is 17.9. The number of anilines is 2. The number of ether oxygens (including phenoxy) is 1. The number of carbonyl (C=O) groups excluding carboxylic acids is 3. The lowest BCUT2D eigenvalue weighted by atomic mass is 9.76. The van der Waals surface area contributed by atoms with E-state index in [2.05, 4.69) is 36.4 Å². The number of benzene rings is 2. The van der Waals surface area contributed by atoms with Crippen molar-refractivity contribution in [3.8, 4) is 5.82 Å². The molecule has 2 fully saturated rings. The maximum Gasteiger partial charge on any atom is 0.336 e. The quantitative estimate of drug-likeness (QED) is 0.145. The predicted molar refractivity (Wildman–Crippen MR) is 225 cm³/mol. The zero-order valence-corrected chi connectivity index (χ0v) is 36.5. The van der Waals surface area contributed by atoms with Crippen LogP contribution in [0.5, 0.6) is 0 Å². The zero-order chi connectivity index (χ0) is 44.9. The summed E-state index contributed by atoms with van der Waals surface area (Å²) >= 11 is 0. The molecule has 2 amide bonds. The molecule has 4 aromatic rings. The Kier molecular flexibility index (Phi) is 12.2. The Morgan fingerprint density at radius 3 is 2.28 bits per heavy atom. The Labute approximate surface area is 353 Å². The minimum Gasteiger partial charge on any atom is -0.461 e. The molecular weight excluding hydrogens is 811 g/mol. The van der Waals surface area contributed by atoms with Crippen molar-refractivity contribution in [2.24, 2.45) is 35.6 Å². The third-order valence-electron chi connectivity index (χ3n) is 12.2. The molecule has 2 aromatic heterocycles. The van der Waals surface area contributed by atoms with Gasteiger partial charge in [0.1, 0.15) is 29.6 Å². The van der Waals surface area contributed by atoms with E-state index in [-0.39, 0.29) is 34.4 Å². The molecule has 2 aliphatic rings. The molecule has 0 radical (unpaired) electrons. The topological polar surface area (TPSA) is 188 Å². The van der Waals surface area contributed by atoms with Crippen LogP contribution >= 0.6 is 0 Å². The normalized spacial score (nSPS) is 20.4. The van der Waals surface area contributed by atoms with Gasteiger partial charge >= 0.3 is 11.7 Å². The number of rotatable bonds is 12. The van der Waals surface area contributed by atoms with Crippen molar-refractivity contribution in [2.45, 2.75) is 98.1 Å². The van der Waals surface area contributed by atoms with Crippen molar-refractivity contribution in [2.75, 3.05) is 10.0 Å². The van der Waals surface area contributed by atoms with E-state index in [1.54, 1.807) is 34.6 Å². The van der Waals surface area contributed by atoms with Crippen LogP contribution in [0, 0.1) is 54.1 Å². The number of halogens is 2. The Morgan fingerprint density at radius 1 is 1.02 bits per heavy atom. The highest BCUT2D eigenvalue weighted by atomic mass is 32.2. The summed E-state index contributed by atoms with van der Waals surface area (Å²) in [6, 6.07) is 7.65. The number of nitrogens with zero attached hydrogens (tertiary/aromatic N) is 3. The molecule has 326 valence electrons. The summed E-state index contributed by atoms with van der Waals surface area (Å²) in [7, 11) is -2.93. The molecule has 3 N–H and O–H groups in total. The Hall–Kier alpha value is -5.71. The minimum atomic E-state index is -4.46. The summed E-state index contributed by atoms with van der Waals surface area (Å²) in [6.45, 7) is 14.9. The van der Waals surface area contributed by atoms with Gasteiger partial charge in [0.05, 0.1) is 16.1 Å². The van der Waals surface area contributed by atoms with E-state index in [9.17, 15) is 32.4 Å². The number of hydrogen-bond donors (Lipinski definition) is 3. The third kappa shape index (κ3) is 9.02. The van der Waals surface area contributed by atoms with Crippen LogP contribution in [-0.4, -0.2) is 52.5 Å². The van der Waals surface area contributed by atoms with Gasteiger partial charge in [0, 0.05) is 48.1 Å². The van der Waals surface area contributed by atoms with Crippen molar-refractivity contribution in [1.82, 2.24) is 19.4 Å². The fourth-order valence-corrected chi connectivity index (χ4v) is 9.87. The summed E-state index contributed by atoms with van der Waals surface area (Å²) in [5.74, 6) is -4.00. The average molecular weight is 863 g/mol. The summed E-state index contributed by atoms with van der Waals surface area (Å²) < 4.78 is 67.9. The van der Waals surface area contributed by atoms with Gasteiger partial charge in [0.25, 0.3) is 21.5 Å². The molecule has 2 bridgehead atoms.